The standard InChI is InChI=1S/C22H22N4O/c1-16-9-11-19(12-10-16)21(27)26-22(24-15-18-7-5-13-23-14-18)25-20-8-4-3-6-17(20)2/h3-14H,15H2,1-2H3,(H2,24,25,26,27). The third-order valence-electron chi connectivity index (χ3n) is 4.09. The van der Waals surface area contributed by atoms with Gasteiger partial charge in [-0.05, 0) is 49.2 Å². The van der Waals surface area contributed by atoms with Gasteiger partial charge in [-0.25, -0.2) is 4.99 Å². The molecule has 0 bridgehead atoms. The number of aryl methyl sites for hydroxylation is 2. The number of hydrogen-bond acceptors (Lipinski definition) is 3. The number of guanidine groups is 1. The van der Waals surface area contributed by atoms with Crippen LogP contribution in [0.5, 0.6) is 0 Å². The summed E-state index contributed by atoms with van der Waals surface area (Å²) in [6, 6.07) is 19.1. The molecule has 5 nitrogen and oxygen atoms in total. The quantitative estimate of drug-likeness (QED) is 0.545. The second kappa shape index (κ2) is 8.76. The third-order valence-corrected chi connectivity index (χ3v) is 4.09. The van der Waals surface area contributed by atoms with Gasteiger partial charge in [0.15, 0.2) is 0 Å². The van der Waals surface area contributed by atoms with Crippen molar-refractivity contribution in [3.05, 3.63) is 95.3 Å². The second-order valence-corrected chi connectivity index (χ2v) is 6.29. The number of pyridine rings is 1. The molecule has 0 aliphatic heterocycles. The predicted octanol–water partition coefficient (Wildman–Crippen LogP) is 4.10. The van der Waals surface area contributed by atoms with Crippen LogP contribution >= 0.6 is 0 Å². The van der Waals surface area contributed by atoms with Crippen molar-refractivity contribution in [2.75, 3.05) is 5.32 Å². The fraction of sp³-hybridized carbons (Fsp3) is 0.136. The molecular weight excluding hydrogens is 336 g/mol. The van der Waals surface area contributed by atoms with Gasteiger partial charge in [0.2, 0.25) is 5.96 Å². The lowest BCUT2D eigenvalue weighted by atomic mass is 10.1. The van der Waals surface area contributed by atoms with Crippen LogP contribution in [0.3, 0.4) is 0 Å². The van der Waals surface area contributed by atoms with Crippen LogP contribution in [0.1, 0.15) is 27.0 Å². The number of aliphatic imine (C=N–C) groups is 1. The van der Waals surface area contributed by atoms with Crippen LogP contribution in [0, 0.1) is 13.8 Å². The third kappa shape index (κ3) is 5.25. The Labute approximate surface area is 159 Å². The van der Waals surface area contributed by atoms with Crippen molar-refractivity contribution < 1.29 is 4.79 Å². The Morgan fingerprint density at radius 2 is 1.78 bits per heavy atom. The summed E-state index contributed by atoms with van der Waals surface area (Å²) in [5, 5.41) is 6.11. The average molecular weight is 358 g/mol. The van der Waals surface area contributed by atoms with Gasteiger partial charge in [-0.1, -0.05) is 42.0 Å². The van der Waals surface area contributed by atoms with E-state index in [4.69, 9.17) is 0 Å². The maximum absolute atomic E-state index is 12.6. The smallest absolute Gasteiger partial charge is 0.257 e. The van der Waals surface area contributed by atoms with Gasteiger partial charge in [-0.3, -0.25) is 15.1 Å². The highest BCUT2D eigenvalue weighted by molar-refractivity contribution is 6.10. The first kappa shape index (κ1) is 18.3. The number of amides is 1. The van der Waals surface area contributed by atoms with E-state index in [0.717, 1.165) is 22.4 Å². The Kier molecular flexibility index (Phi) is 5.94. The van der Waals surface area contributed by atoms with Gasteiger partial charge >= 0.3 is 0 Å². The number of carbonyl (C=O) groups excluding carboxylic acids is 1. The van der Waals surface area contributed by atoms with Crippen molar-refractivity contribution in [3.63, 3.8) is 0 Å². The number of carbonyl (C=O) groups is 1. The molecule has 0 unspecified atom stereocenters. The molecule has 136 valence electrons. The molecule has 0 atom stereocenters. The molecule has 0 saturated heterocycles. The minimum Gasteiger partial charge on any atom is -0.326 e. The zero-order valence-electron chi connectivity index (χ0n) is 15.4. The Balaban J connectivity index is 1.81. The maximum Gasteiger partial charge on any atom is 0.257 e. The van der Waals surface area contributed by atoms with Crippen molar-refractivity contribution in [2.24, 2.45) is 4.99 Å². The lowest BCUT2D eigenvalue weighted by Gasteiger charge is -2.13. The van der Waals surface area contributed by atoms with Crippen LogP contribution in [-0.2, 0) is 6.54 Å². The first-order valence-electron chi connectivity index (χ1n) is 8.76. The second-order valence-electron chi connectivity index (χ2n) is 6.29. The minimum absolute atomic E-state index is 0.207. The normalized spacial score (nSPS) is 11.1. The van der Waals surface area contributed by atoms with Gasteiger partial charge in [0.05, 0.1) is 6.54 Å². The van der Waals surface area contributed by atoms with Crippen molar-refractivity contribution in [2.45, 2.75) is 20.4 Å². The number of hydrogen-bond donors (Lipinski definition) is 2. The van der Waals surface area contributed by atoms with Crippen molar-refractivity contribution in [3.8, 4) is 0 Å². The molecule has 3 aromatic rings. The molecule has 0 radical (unpaired) electrons. The van der Waals surface area contributed by atoms with Crippen LogP contribution in [0.2, 0.25) is 0 Å². The number of nitrogens with one attached hydrogen (secondary N) is 2. The van der Waals surface area contributed by atoms with Crippen molar-refractivity contribution >= 4 is 17.6 Å². The van der Waals surface area contributed by atoms with E-state index in [1.54, 1.807) is 24.5 Å². The molecule has 0 aliphatic carbocycles. The summed E-state index contributed by atoms with van der Waals surface area (Å²) in [7, 11) is 0. The molecule has 2 N–H and O–H groups in total. The largest absolute Gasteiger partial charge is 0.326 e. The van der Waals surface area contributed by atoms with E-state index in [2.05, 4.69) is 20.6 Å². The fourth-order valence-electron chi connectivity index (χ4n) is 2.50. The molecule has 2 aromatic carbocycles. The van der Waals surface area contributed by atoms with Crippen molar-refractivity contribution in [1.29, 1.82) is 0 Å². The Morgan fingerprint density at radius 3 is 2.48 bits per heavy atom. The first-order valence-corrected chi connectivity index (χ1v) is 8.76. The molecule has 0 spiro atoms. The highest BCUT2D eigenvalue weighted by atomic mass is 16.1. The molecule has 0 fully saturated rings. The molecule has 1 heterocycles. The van der Waals surface area contributed by atoms with Gasteiger partial charge in [0, 0.05) is 23.6 Å². The van der Waals surface area contributed by atoms with Crippen LogP contribution in [-0.4, -0.2) is 16.9 Å². The number of benzene rings is 2. The first-order chi connectivity index (χ1) is 13.1. The molecule has 3 rings (SSSR count). The lowest BCUT2D eigenvalue weighted by Crippen LogP contribution is -2.36. The molecular formula is C22H22N4O. The molecule has 27 heavy (non-hydrogen) atoms. The van der Waals surface area contributed by atoms with Gasteiger partial charge in [0.25, 0.3) is 5.91 Å². The summed E-state index contributed by atoms with van der Waals surface area (Å²) in [6.45, 7) is 4.40. The monoisotopic (exact) mass is 358 g/mol. The average Bonchev–Trinajstić information content (AvgIpc) is 2.69. The molecule has 1 aromatic heterocycles. The predicted molar refractivity (Wildman–Crippen MR) is 109 cm³/mol. The van der Waals surface area contributed by atoms with E-state index in [1.807, 2.05) is 62.4 Å². The van der Waals surface area contributed by atoms with E-state index in [-0.39, 0.29) is 5.91 Å². The highest BCUT2D eigenvalue weighted by Crippen LogP contribution is 2.13. The summed E-state index contributed by atoms with van der Waals surface area (Å²) in [5.41, 5.74) is 4.62. The molecule has 1 amide bonds. The van der Waals surface area contributed by atoms with Gasteiger partial charge in [-0.2, -0.15) is 0 Å². The van der Waals surface area contributed by atoms with E-state index in [0.29, 0.717) is 18.1 Å². The maximum atomic E-state index is 12.6. The van der Waals surface area contributed by atoms with E-state index in [9.17, 15) is 4.79 Å². The summed E-state index contributed by atoms with van der Waals surface area (Å²) in [4.78, 5) is 21.3. The topological polar surface area (TPSA) is 66.4 Å². The zero-order chi connectivity index (χ0) is 19.1. The minimum atomic E-state index is -0.207. The van der Waals surface area contributed by atoms with Gasteiger partial charge in [-0.15, -0.1) is 0 Å². The van der Waals surface area contributed by atoms with Crippen LogP contribution < -0.4 is 10.6 Å². The summed E-state index contributed by atoms with van der Waals surface area (Å²) < 4.78 is 0. The fourth-order valence-corrected chi connectivity index (χ4v) is 2.50. The summed E-state index contributed by atoms with van der Waals surface area (Å²) in [5.74, 6) is 0.194. The Morgan fingerprint density at radius 1 is 1.00 bits per heavy atom. The van der Waals surface area contributed by atoms with Crippen LogP contribution in [0.25, 0.3) is 0 Å². The molecule has 0 saturated carbocycles. The SMILES string of the molecule is Cc1ccc(C(=O)NC(=NCc2cccnc2)Nc2ccccc2C)cc1. The van der Waals surface area contributed by atoms with E-state index >= 15 is 0 Å². The number of aromatic nitrogens is 1. The van der Waals surface area contributed by atoms with Crippen molar-refractivity contribution in [1.82, 2.24) is 10.3 Å². The number of rotatable bonds is 4. The van der Waals surface area contributed by atoms with E-state index < -0.39 is 0 Å². The number of para-hydroxylation sites is 1. The Bertz CT molecular complexity index is 934. The molecule has 5 heteroatoms. The zero-order valence-corrected chi connectivity index (χ0v) is 15.4. The number of nitrogens with zero attached hydrogens (tertiary/aromatic N) is 2. The van der Waals surface area contributed by atoms with Gasteiger partial charge in [0.1, 0.15) is 0 Å². The summed E-state index contributed by atoms with van der Waals surface area (Å²) in [6.07, 6.45) is 3.48. The highest BCUT2D eigenvalue weighted by Gasteiger charge is 2.10. The van der Waals surface area contributed by atoms with Crippen LogP contribution in [0.15, 0.2) is 78.0 Å². The van der Waals surface area contributed by atoms with Gasteiger partial charge < -0.3 is 5.32 Å². The molecule has 0 aliphatic rings. The van der Waals surface area contributed by atoms with E-state index in [1.165, 1.54) is 0 Å². The lowest BCUT2D eigenvalue weighted by molar-refractivity contribution is 0.0977. The van der Waals surface area contributed by atoms with Crippen LogP contribution in [0.4, 0.5) is 5.69 Å². The Hall–Kier alpha value is -3.47. The number of anilines is 1. The summed E-state index contributed by atoms with van der Waals surface area (Å²) >= 11 is 0.